The summed E-state index contributed by atoms with van der Waals surface area (Å²) in [5, 5.41) is 0. The molecular weight excluding hydrogens is 209 g/mol. The second-order valence-electron chi connectivity index (χ2n) is 2.46. The summed E-state index contributed by atoms with van der Waals surface area (Å²) in [4.78, 5) is 0. The third kappa shape index (κ3) is 3.49. The van der Waals surface area contributed by atoms with E-state index in [-0.39, 0.29) is 32.7 Å². The van der Waals surface area contributed by atoms with Crippen LogP contribution in [0.1, 0.15) is 26.7 Å². The maximum atomic E-state index is 3.33. The molecule has 0 spiro atoms. The van der Waals surface area contributed by atoms with Gasteiger partial charge in [0, 0.05) is 32.7 Å². The molecule has 1 aliphatic carbocycles. The van der Waals surface area contributed by atoms with Crippen molar-refractivity contribution in [3.05, 3.63) is 35.5 Å². The Labute approximate surface area is 94.3 Å². The molecule has 1 aliphatic rings. The smallest absolute Gasteiger partial charge is 0 e. The predicted octanol–water partition coefficient (Wildman–Crippen LogP) is 3.03. The molecule has 0 N–H and O–H groups in total. The first-order valence-electron chi connectivity index (χ1n) is 3.77. The molecule has 0 atom stereocenters. The van der Waals surface area contributed by atoms with Crippen molar-refractivity contribution in [1.29, 1.82) is 0 Å². The van der Waals surface area contributed by atoms with Crippen LogP contribution in [0, 0.1) is 6.08 Å². The quantitative estimate of drug-likeness (QED) is 0.598. The van der Waals surface area contributed by atoms with Gasteiger partial charge in [-0.3, -0.25) is 0 Å². The molecule has 0 aromatic heterocycles. The first-order chi connectivity index (χ1) is 4.86. The van der Waals surface area contributed by atoms with E-state index in [1.54, 1.807) is 0 Å². The van der Waals surface area contributed by atoms with Crippen LogP contribution in [0.25, 0.3) is 0 Å². The minimum atomic E-state index is 0. The Morgan fingerprint density at radius 3 is 2.45 bits per heavy atom. The zero-order valence-corrected chi connectivity index (χ0v) is 10.1. The van der Waals surface area contributed by atoms with Crippen molar-refractivity contribution in [3.8, 4) is 0 Å². The monoisotopic (exact) mass is 222 g/mol. The number of rotatable bonds is 1. The minimum Gasteiger partial charge on any atom is -0.179 e. The molecule has 0 saturated carbocycles. The standard InChI is InChI=1S/C10H13.Y/c1-3-5-10-7-6-9(4-2)8-10;/h3-5H,6-7H2,1-2H3;/q-1;. The molecule has 0 heterocycles. The van der Waals surface area contributed by atoms with E-state index in [1.807, 2.05) is 6.92 Å². The van der Waals surface area contributed by atoms with Gasteiger partial charge in [0.05, 0.1) is 0 Å². The Morgan fingerprint density at radius 2 is 2.00 bits per heavy atom. The molecule has 1 radical (unpaired) electrons. The minimum absolute atomic E-state index is 0. The van der Waals surface area contributed by atoms with Crippen LogP contribution in [0.5, 0.6) is 0 Å². The van der Waals surface area contributed by atoms with Gasteiger partial charge in [-0.05, 0) is 12.8 Å². The van der Waals surface area contributed by atoms with Crippen molar-refractivity contribution in [2.75, 3.05) is 0 Å². The molecule has 1 rings (SSSR count). The van der Waals surface area contributed by atoms with Gasteiger partial charge in [-0.1, -0.05) is 13.8 Å². The Morgan fingerprint density at radius 1 is 1.27 bits per heavy atom. The van der Waals surface area contributed by atoms with Crippen LogP contribution >= 0.6 is 0 Å². The van der Waals surface area contributed by atoms with Crippen molar-refractivity contribution in [1.82, 2.24) is 0 Å². The Balaban J connectivity index is 0.000001000. The fraction of sp³-hybridized carbons (Fsp3) is 0.400. The summed E-state index contributed by atoms with van der Waals surface area (Å²) in [6.07, 6.45) is 12.0. The molecule has 0 aromatic rings. The Kier molecular flexibility index (Phi) is 6.08. The molecule has 0 saturated heterocycles. The van der Waals surface area contributed by atoms with Crippen LogP contribution in [-0.4, -0.2) is 0 Å². The van der Waals surface area contributed by atoms with E-state index in [0.717, 1.165) is 0 Å². The average molecular weight is 222 g/mol. The molecule has 0 aromatic carbocycles. The van der Waals surface area contributed by atoms with E-state index in [4.69, 9.17) is 0 Å². The van der Waals surface area contributed by atoms with Gasteiger partial charge in [0.25, 0.3) is 0 Å². The molecule has 0 aliphatic heterocycles. The van der Waals surface area contributed by atoms with Gasteiger partial charge in [0.2, 0.25) is 0 Å². The van der Waals surface area contributed by atoms with Crippen LogP contribution < -0.4 is 0 Å². The van der Waals surface area contributed by atoms with Crippen LogP contribution in [0.3, 0.4) is 0 Å². The molecule has 0 nitrogen and oxygen atoms in total. The average Bonchev–Trinajstić information content (AvgIpc) is 2.37. The van der Waals surface area contributed by atoms with Gasteiger partial charge in [-0.2, -0.15) is 29.4 Å². The van der Waals surface area contributed by atoms with Crippen LogP contribution in [0.4, 0.5) is 0 Å². The van der Waals surface area contributed by atoms with Crippen LogP contribution in [-0.2, 0) is 32.7 Å². The second kappa shape index (κ2) is 5.91. The SMILES string of the molecule is CC=CC1=[C-]C(=CC)CC1.[Y]. The van der Waals surface area contributed by atoms with Gasteiger partial charge in [-0.15, -0.1) is 6.08 Å². The third-order valence-corrected chi connectivity index (χ3v) is 1.70. The van der Waals surface area contributed by atoms with E-state index >= 15 is 0 Å². The maximum absolute atomic E-state index is 3.33. The largest absolute Gasteiger partial charge is 0.179 e. The van der Waals surface area contributed by atoms with Crippen LogP contribution in [0.15, 0.2) is 29.4 Å². The van der Waals surface area contributed by atoms with Crippen LogP contribution in [0.2, 0.25) is 0 Å². The summed E-state index contributed by atoms with van der Waals surface area (Å²) < 4.78 is 0. The molecule has 0 amide bonds. The molecule has 0 bridgehead atoms. The van der Waals surface area contributed by atoms with E-state index in [1.165, 1.54) is 24.0 Å². The van der Waals surface area contributed by atoms with Crippen molar-refractivity contribution in [3.63, 3.8) is 0 Å². The molecule has 1 heteroatoms. The second-order valence-corrected chi connectivity index (χ2v) is 2.46. The van der Waals surface area contributed by atoms with Gasteiger partial charge in [0.15, 0.2) is 0 Å². The Bertz CT molecular complexity index is 197. The number of allylic oxidation sites excluding steroid dienone is 6. The number of hydrogen-bond acceptors (Lipinski definition) is 0. The van der Waals surface area contributed by atoms with Crippen molar-refractivity contribution < 1.29 is 32.7 Å². The van der Waals surface area contributed by atoms with E-state index in [2.05, 4.69) is 31.2 Å². The fourth-order valence-corrected chi connectivity index (χ4v) is 1.14. The van der Waals surface area contributed by atoms with Gasteiger partial charge >= 0.3 is 0 Å². The van der Waals surface area contributed by atoms with E-state index < -0.39 is 0 Å². The molecule has 57 valence electrons. The van der Waals surface area contributed by atoms with Gasteiger partial charge in [0.1, 0.15) is 0 Å². The van der Waals surface area contributed by atoms with Gasteiger partial charge in [-0.25, -0.2) is 0 Å². The maximum Gasteiger partial charge on any atom is 0 e. The van der Waals surface area contributed by atoms with Gasteiger partial charge < -0.3 is 0 Å². The fourth-order valence-electron chi connectivity index (χ4n) is 1.14. The summed E-state index contributed by atoms with van der Waals surface area (Å²) in [7, 11) is 0. The molecule has 11 heavy (non-hydrogen) atoms. The molecule has 0 unspecified atom stereocenters. The molecule has 0 fully saturated rings. The topological polar surface area (TPSA) is 0 Å². The zero-order valence-electron chi connectivity index (χ0n) is 7.22. The summed E-state index contributed by atoms with van der Waals surface area (Å²) >= 11 is 0. The summed E-state index contributed by atoms with van der Waals surface area (Å²) in [5.41, 5.74) is 2.70. The molecular formula is C10H13Y-. The summed E-state index contributed by atoms with van der Waals surface area (Å²) in [6, 6.07) is 0. The van der Waals surface area contributed by atoms with Crippen molar-refractivity contribution >= 4 is 0 Å². The predicted molar refractivity (Wildman–Crippen MR) is 44.6 cm³/mol. The number of hydrogen-bond donors (Lipinski definition) is 0. The third-order valence-electron chi connectivity index (χ3n) is 1.70. The first-order valence-corrected chi connectivity index (χ1v) is 3.77. The Hall–Kier alpha value is 0.324. The zero-order chi connectivity index (χ0) is 7.40. The van der Waals surface area contributed by atoms with Crippen molar-refractivity contribution in [2.24, 2.45) is 0 Å². The summed E-state index contributed by atoms with van der Waals surface area (Å²) in [6.45, 7) is 4.11. The summed E-state index contributed by atoms with van der Waals surface area (Å²) in [5.74, 6) is 0. The van der Waals surface area contributed by atoms with E-state index in [0.29, 0.717) is 0 Å². The first kappa shape index (κ1) is 11.3. The van der Waals surface area contributed by atoms with Crippen molar-refractivity contribution in [2.45, 2.75) is 26.7 Å². The van der Waals surface area contributed by atoms with E-state index in [9.17, 15) is 0 Å². The normalized spacial score (nSPS) is 20.5.